The summed E-state index contributed by atoms with van der Waals surface area (Å²) < 4.78 is 15.1. The van der Waals surface area contributed by atoms with E-state index in [9.17, 15) is 0 Å². The number of epoxide rings is 2. The van der Waals surface area contributed by atoms with E-state index in [-0.39, 0.29) is 0 Å². The molecule has 0 amide bonds. The van der Waals surface area contributed by atoms with Gasteiger partial charge in [-0.1, -0.05) is 117 Å². The summed E-state index contributed by atoms with van der Waals surface area (Å²) in [4.78, 5) is 0. The monoisotopic (exact) mass is 384 g/mol. The van der Waals surface area contributed by atoms with Crippen LogP contribution in [0, 0.1) is 0 Å². The van der Waals surface area contributed by atoms with E-state index in [1.807, 2.05) is 0 Å². The lowest BCUT2D eigenvalue weighted by Gasteiger charge is -2.03. The van der Waals surface area contributed by atoms with Gasteiger partial charge in [0, 0.05) is 0 Å². The Morgan fingerprint density at radius 2 is 0.778 bits per heavy atom. The molecule has 0 N–H and O–H groups in total. The first kappa shape index (κ1) is 24.9. The maximum atomic E-state index is 5.23. The Labute approximate surface area is 169 Å². The van der Waals surface area contributed by atoms with Crippen molar-refractivity contribution in [2.45, 2.75) is 129 Å². The van der Waals surface area contributed by atoms with Crippen LogP contribution in [0.25, 0.3) is 0 Å². The average molecular weight is 385 g/mol. The highest BCUT2D eigenvalue weighted by Gasteiger charge is 2.26. The second kappa shape index (κ2) is 19.2. The van der Waals surface area contributed by atoms with Gasteiger partial charge in [0.2, 0.25) is 0 Å². The van der Waals surface area contributed by atoms with Crippen molar-refractivity contribution < 1.29 is 14.2 Å². The van der Waals surface area contributed by atoms with Crippen LogP contribution >= 0.6 is 0 Å². The summed E-state index contributed by atoms with van der Waals surface area (Å²) in [5, 5.41) is 0. The molecule has 2 atom stereocenters. The third-order valence-electron chi connectivity index (χ3n) is 5.37. The molecular formula is C24H48O3. The molecule has 2 fully saturated rings. The maximum Gasteiger partial charge on any atom is 0.104 e. The molecule has 2 rings (SSSR count). The molecule has 3 heteroatoms. The highest BCUT2D eigenvalue weighted by atomic mass is 16.6. The van der Waals surface area contributed by atoms with Crippen LogP contribution in [0.4, 0.5) is 0 Å². The van der Waals surface area contributed by atoms with Crippen LogP contribution in [0.3, 0.4) is 0 Å². The van der Waals surface area contributed by atoms with Gasteiger partial charge in [-0.05, 0) is 0 Å². The predicted molar refractivity (Wildman–Crippen MR) is 116 cm³/mol. The van der Waals surface area contributed by atoms with E-state index in [0.29, 0.717) is 12.2 Å². The largest absolute Gasteiger partial charge is 0.376 e. The van der Waals surface area contributed by atoms with Crippen LogP contribution in [-0.4, -0.2) is 38.6 Å². The Hall–Kier alpha value is -0.120. The molecule has 2 saturated heterocycles. The molecule has 2 heterocycles. The van der Waals surface area contributed by atoms with E-state index in [1.54, 1.807) is 0 Å². The Kier molecular flexibility index (Phi) is 17.7. The second-order valence-electron chi connectivity index (χ2n) is 8.40. The number of hydrogen-bond acceptors (Lipinski definition) is 3. The van der Waals surface area contributed by atoms with Crippen molar-refractivity contribution >= 4 is 0 Å². The van der Waals surface area contributed by atoms with Gasteiger partial charge in [-0.15, -0.1) is 0 Å². The zero-order valence-corrected chi connectivity index (χ0v) is 18.5. The van der Waals surface area contributed by atoms with Crippen LogP contribution in [0.15, 0.2) is 0 Å². The Morgan fingerprint density at radius 3 is 1.00 bits per heavy atom. The first-order valence-corrected chi connectivity index (χ1v) is 12.2. The summed E-state index contributed by atoms with van der Waals surface area (Å²) in [6.07, 6.45) is 24.2. The molecule has 2 aliphatic rings. The van der Waals surface area contributed by atoms with Gasteiger partial charge in [0.15, 0.2) is 0 Å². The molecule has 162 valence electrons. The van der Waals surface area contributed by atoms with E-state index in [2.05, 4.69) is 13.8 Å². The first-order chi connectivity index (χ1) is 13.4. The highest BCUT2D eigenvalue weighted by molar-refractivity contribution is 4.71. The number of hydrogen-bond donors (Lipinski definition) is 0. The summed E-state index contributed by atoms with van der Waals surface area (Å²) in [5.41, 5.74) is 0. The zero-order chi connectivity index (χ0) is 19.4. The highest BCUT2D eigenvalue weighted by Crippen LogP contribution is 2.14. The Morgan fingerprint density at radius 1 is 0.519 bits per heavy atom. The van der Waals surface area contributed by atoms with E-state index in [4.69, 9.17) is 14.2 Å². The molecule has 0 spiro atoms. The number of unbranched alkanes of at least 4 members (excludes halogenated alkanes) is 15. The van der Waals surface area contributed by atoms with Crippen molar-refractivity contribution in [1.29, 1.82) is 0 Å². The molecule has 0 aromatic heterocycles. The molecule has 27 heavy (non-hydrogen) atoms. The van der Waals surface area contributed by atoms with Crippen molar-refractivity contribution in [1.82, 2.24) is 0 Å². The molecule has 0 aromatic rings. The fourth-order valence-corrected chi connectivity index (χ4v) is 3.28. The van der Waals surface area contributed by atoms with Crippen LogP contribution < -0.4 is 0 Å². The molecular weight excluding hydrogens is 336 g/mol. The summed E-state index contributed by atoms with van der Waals surface area (Å²) in [7, 11) is 0. The number of rotatable bonds is 19. The lowest BCUT2D eigenvalue weighted by Crippen LogP contribution is -2.06. The van der Waals surface area contributed by atoms with Crippen molar-refractivity contribution in [2.24, 2.45) is 0 Å². The maximum absolute atomic E-state index is 5.23. The molecule has 2 unspecified atom stereocenters. The molecule has 0 aliphatic carbocycles. The van der Waals surface area contributed by atoms with Gasteiger partial charge in [-0.3, -0.25) is 0 Å². The normalized spacial score (nSPS) is 20.2. The quantitative estimate of drug-likeness (QED) is 0.176. The minimum Gasteiger partial charge on any atom is -0.376 e. The lowest BCUT2D eigenvalue weighted by molar-refractivity contribution is 0.102. The smallest absolute Gasteiger partial charge is 0.104 e. The SMILES string of the molecule is C(OCC1CO1)C1CO1.CCCCCCCCCCCCCCCCCC. The molecule has 0 radical (unpaired) electrons. The van der Waals surface area contributed by atoms with Crippen LogP contribution in [0.5, 0.6) is 0 Å². The standard InChI is InChI=1S/C18H38.C6H10O3/c1-3-5-7-9-11-13-15-17-18-16-14-12-10-8-6-4-2;1(5-3-8-5)7-2-6-4-9-6/h3-18H2,1-2H3;5-6H,1-4H2. The topological polar surface area (TPSA) is 34.3 Å². The van der Waals surface area contributed by atoms with Gasteiger partial charge in [0.05, 0.1) is 26.4 Å². The summed E-state index contributed by atoms with van der Waals surface area (Å²) in [5.74, 6) is 0. The van der Waals surface area contributed by atoms with E-state index >= 15 is 0 Å². The zero-order valence-electron chi connectivity index (χ0n) is 18.5. The molecule has 0 aromatic carbocycles. The Bertz CT molecular complexity index is 259. The fraction of sp³-hybridized carbons (Fsp3) is 1.00. The van der Waals surface area contributed by atoms with Crippen molar-refractivity contribution in [3.05, 3.63) is 0 Å². The van der Waals surface area contributed by atoms with Gasteiger partial charge in [0.1, 0.15) is 12.2 Å². The van der Waals surface area contributed by atoms with Crippen LogP contribution in [-0.2, 0) is 14.2 Å². The van der Waals surface area contributed by atoms with Crippen molar-refractivity contribution in [3.8, 4) is 0 Å². The third-order valence-corrected chi connectivity index (χ3v) is 5.37. The van der Waals surface area contributed by atoms with Gasteiger partial charge < -0.3 is 14.2 Å². The molecule has 0 bridgehead atoms. The van der Waals surface area contributed by atoms with Crippen molar-refractivity contribution in [3.63, 3.8) is 0 Å². The third kappa shape index (κ3) is 20.4. The summed E-state index contributed by atoms with van der Waals surface area (Å²) in [6, 6.07) is 0. The molecule has 0 saturated carbocycles. The Balaban J connectivity index is 0.000000330. The first-order valence-electron chi connectivity index (χ1n) is 12.2. The van der Waals surface area contributed by atoms with E-state index in [1.165, 1.54) is 103 Å². The molecule has 3 nitrogen and oxygen atoms in total. The predicted octanol–water partition coefficient (Wildman–Crippen LogP) is 7.07. The van der Waals surface area contributed by atoms with Crippen LogP contribution in [0.1, 0.15) is 117 Å². The second-order valence-corrected chi connectivity index (χ2v) is 8.40. The lowest BCUT2D eigenvalue weighted by atomic mass is 10.0. The number of ether oxygens (including phenoxy) is 3. The van der Waals surface area contributed by atoms with Gasteiger partial charge in [-0.2, -0.15) is 0 Å². The average Bonchev–Trinajstić information content (AvgIpc) is 3.58. The molecule has 2 aliphatic heterocycles. The minimum atomic E-state index is 0.392. The van der Waals surface area contributed by atoms with E-state index in [0.717, 1.165) is 26.4 Å². The van der Waals surface area contributed by atoms with Crippen molar-refractivity contribution in [2.75, 3.05) is 26.4 Å². The van der Waals surface area contributed by atoms with Gasteiger partial charge in [-0.25, -0.2) is 0 Å². The summed E-state index contributed by atoms with van der Waals surface area (Å²) in [6.45, 7) is 7.85. The fourth-order valence-electron chi connectivity index (χ4n) is 3.28. The van der Waals surface area contributed by atoms with E-state index < -0.39 is 0 Å². The van der Waals surface area contributed by atoms with Gasteiger partial charge >= 0.3 is 0 Å². The summed E-state index contributed by atoms with van der Waals surface area (Å²) >= 11 is 0. The van der Waals surface area contributed by atoms with Gasteiger partial charge in [0.25, 0.3) is 0 Å². The minimum absolute atomic E-state index is 0.392. The van der Waals surface area contributed by atoms with Crippen LogP contribution in [0.2, 0.25) is 0 Å².